The van der Waals surface area contributed by atoms with Crippen molar-refractivity contribution in [3.05, 3.63) is 93.3 Å². The van der Waals surface area contributed by atoms with Gasteiger partial charge in [-0.15, -0.1) is 0 Å². The van der Waals surface area contributed by atoms with Crippen molar-refractivity contribution in [3.63, 3.8) is 0 Å². The Bertz CT molecular complexity index is 1520. The highest BCUT2D eigenvalue weighted by molar-refractivity contribution is 5.73. The molecule has 2 aromatic heterocycles. The van der Waals surface area contributed by atoms with Crippen LogP contribution in [0.4, 0.5) is 4.39 Å². The van der Waals surface area contributed by atoms with Gasteiger partial charge in [-0.2, -0.15) is 10.4 Å². The molecule has 4 aromatic rings. The summed E-state index contributed by atoms with van der Waals surface area (Å²) in [6.07, 6.45) is 6.99. The van der Waals surface area contributed by atoms with Crippen LogP contribution in [0.3, 0.4) is 0 Å². The zero-order valence-electron chi connectivity index (χ0n) is 21.0. The molecule has 0 radical (unpaired) electrons. The molecular weight excluding hydrogens is 467 g/mol. The SMILES string of the molecule is CCCCc1c(Cc2cccc(-c3ccccc3F)c2C#N)c(=O)n(C2CCC(O)CC2)c2ccnn12. The predicted octanol–water partition coefficient (Wildman–Crippen LogP) is 5.58. The molecule has 0 saturated heterocycles. The number of fused-ring (bicyclic) bond motifs is 1. The van der Waals surface area contributed by atoms with Crippen LogP contribution >= 0.6 is 0 Å². The third-order valence-corrected chi connectivity index (χ3v) is 7.54. The van der Waals surface area contributed by atoms with Gasteiger partial charge in [0.2, 0.25) is 0 Å². The van der Waals surface area contributed by atoms with Crippen molar-refractivity contribution >= 4 is 5.65 Å². The zero-order chi connectivity index (χ0) is 25.9. The highest BCUT2D eigenvalue weighted by Crippen LogP contribution is 2.32. The van der Waals surface area contributed by atoms with E-state index in [0.29, 0.717) is 47.1 Å². The molecule has 0 bridgehead atoms. The molecule has 0 atom stereocenters. The maximum atomic E-state index is 14.7. The Labute approximate surface area is 215 Å². The van der Waals surface area contributed by atoms with E-state index in [-0.39, 0.29) is 29.9 Å². The molecule has 2 heterocycles. The number of rotatable bonds is 7. The average molecular weight is 499 g/mol. The van der Waals surface area contributed by atoms with E-state index in [9.17, 15) is 19.6 Å². The first-order chi connectivity index (χ1) is 18.0. The van der Waals surface area contributed by atoms with Gasteiger partial charge in [0, 0.05) is 35.2 Å². The van der Waals surface area contributed by atoms with E-state index < -0.39 is 0 Å². The normalized spacial score (nSPS) is 17.7. The van der Waals surface area contributed by atoms with Gasteiger partial charge in [-0.1, -0.05) is 49.7 Å². The summed E-state index contributed by atoms with van der Waals surface area (Å²) < 4.78 is 18.4. The third kappa shape index (κ3) is 4.70. The summed E-state index contributed by atoms with van der Waals surface area (Å²) in [7, 11) is 0. The van der Waals surface area contributed by atoms with Gasteiger partial charge in [0.15, 0.2) is 0 Å². The van der Waals surface area contributed by atoms with Gasteiger partial charge in [0.1, 0.15) is 17.5 Å². The van der Waals surface area contributed by atoms with Crippen molar-refractivity contribution in [1.29, 1.82) is 5.26 Å². The molecule has 2 aromatic carbocycles. The molecule has 7 heteroatoms. The lowest BCUT2D eigenvalue weighted by Gasteiger charge is -2.29. The largest absolute Gasteiger partial charge is 0.393 e. The first-order valence-electron chi connectivity index (χ1n) is 13.1. The van der Waals surface area contributed by atoms with Gasteiger partial charge in [0.25, 0.3) is 5.56 Å². The van der Waals surface area contributed by atoms with Crippen LogP contribution in [-0.4, -0.2) is 25.4 Å². The van der Waals surface area contributed by atoms with Crippen molar-refractivity contribution in [2.75, 3.05) is 0 Å². The van der Waals surface area contributed by atoms with Crippen LogP contribution in [0, 0.1) is 17.1 Å². The number of nitriles is 1. The molecule has 5 rings (SSSR count). The van der Waals surface area contributed by atoms with Crippen LogP contribution in [0.25, 0.3) is 16.8 Å². The zero-order valence-corrected chi connectivity index (χ0v) is 21.0. The minimum absolute atomic E-state index is 0.0192. The van der Waals surface area contributed by atoms with Crippen molar-refractivity contribution < 1.29 is 9.50 Å². The Kier molecular flexibility index (Phi) is 7.20. The fourth-order valence-corrected chi connectivity index (χ4v) is 5.61. The number of aliphatic hydroxyl groups is 1. The fourth-order valence-electron chi connectivity index (χ4n) is 5.61. The number of hydrogen-bond donors (Lipinski definition) is 1. The molecule has 37 heavy (non-hydrogen) atoms. The number of aryl methyl sites for hydroxylation is 1. The van der Waals surface area contributed by atoms with Crippen LogP contribution in [-0.2, 0) is 12.8 Å². The van der Waals surface area contributed by atoms with Crippen molar-refractivity contribution in [2.45, 2.75) is 70.4 Å². The summed E-state index contributed by atoms with van der Waals surface area (Å²) in [5.74, 6) is -0.389. The predicted molar refractivity (Wildman–Crippen MR) is 141 cm³/mol. The third-order valence-electron chi connectivity index (χ3n) is 7.54. The molecule has 0 unspecified atom stereocenters. The molecule has 1 fully saturated rings. The van der Waals surface area contributed by atoms with E-state index in [1.54, 1.807) is 30.5 Å². The van der Waals surface area contributed by atoms with Crippen LogP contribution in [0.1, 0.15) is 73.9 Å². The highest BCUT2D eigenvalue weighted by atomic mass is 19.1. The van der Waals surface area contributed by atoms with Gasteiger partial charge >= 0.3 is 0 Å². The molecule has 1 aliphatic carbocycles. The molecule has 190 valence electrons. The standard InChI is InChI=1S/C30H31FN4O2/c1-2-3-11-28-25(18-20-7-6-9-23(26(20)19-32)24-8-4-5-10-27(24)31)30(37)34(29-16-17-33-35(28)29)21-12-14-22(36)15-13-21/h4-10,16-17,21-22,36H,2-3,11-15,18H2,1H3. The van der Waals surface area contributed by atoms with E-state index in [4.69, 9.17) is 0 Å². The Balaban J connectivity index is 1.68. The van der Waals surface area contributed by atoms with Gasteiger partial charge in [0.05, 0.1) is 23.6 Å². The minimum Gasteiger partial charge on any atom is -0.393 e. The molecular formula is C30H31FN4O2. The van der Waals surface area contributed by atoms with Crippen molar-refractivity contribution in [1.82, 2.24) is 14.2 Å². The maximum absolute atomic E-state index is 14.7. The summed E-state index contributed by atoms with van der Waals surface area (Å²) in [4.78, 5) is 14.2. The number of aliphatic hydroxyl groups excluding tert-OH is 1. The second-order valence-electron chi connectivity index (χ2n) is 9.88. The number of nitrogens with zero attached hydrogens (tertiary/aromatic N) is 4. The second kappa shape index (κ2) is 10.7. The van der Waals surface area contributed by atoms with Crippen molar-refractivity contribution in [3.8, 4) is 17.2 Å². The number of halogens is 1. The molecule has 6 nitrogen and oxygen atoms in total. The van der Waals surface area contributed by atoms with Crippen LogP contribution in [0.15, 0.2) is 59.5 Å². The molecule has 0 spiro atoms. The number of hydrogen-bond acceptors (Lipinski definition) is 4. The topological polar surface area (TPSA) is 83.3 Å². The first kappa shape index (κ1) is 24.9. The lowest BCUT2D eigenvalue weighted by Crippen LogP contribution is -2.34. The molecule has 1 saturated carbocycles. The van der Waals surface area contributed by atoms with Gasteiger partial charge in [-0.25, -0.2) is 8.91 Å². The molecule has 1 N–H and O–H groups in total. The Morgan fingerprint density at radius 2 is 1.84 bits per heavy atom. The number of unbranched alkanes of at least 4 members (excludes halogenated alkanes) is 1. The summed E-state index contributed by atoms with van der Waals surface area (Å²) in [5, 5.41) is 24.8. The van der Waals surface area contributed by atoms with Crippen LogP contribution in [0.2, 0.25) is 0 Å². The van der Waals surface area contributed by atoms with Crippen molar-refractivity contribution in [2.24, 2.45) is 0 Å². The van der Waals surface area contributed by atoms with Crippen LogP contribution < -0.4 is 5.56 Å². The Morgan fingerprint density at radius 1 is 1.08 bits per heavy atom. The Morgan fingerprint density at radius 3 is 2.57 bits per heavy atom. The quantitative estimate of drug-likeness (QED) is 0.360. The van der Waals surface area contributed by atoms with Gasteiger partial charge in [-0.05, 0) is 50.2 Å². The number of benzene rings is 2. The lowest BCUT2D eigenvalue weighted by atomic mass is 9.91. The van der Waals surface area contributed by atoms with Gasteiger partial charge in [-0.3, -0.25) is 9.36 Å². The average Bonchev–Trinajstić information content (AvgIpc) is 3.39. The number of aromatic nitrogens is 3. The summed E-state index contributed by atoms with van der Waals surface area (Å²) >= 11 is 0. The molecule has 0 aliphatic heterocycles. The maximum Gasteiger partial charge on any atom is 0.257 e. The molecule has 1 aliphatic rings. The fraction of sp³-hybridized carbons (Fsp3) is 0.367. The highest BCUT2D eigenvalue weighted by Gasteiger charge is 2.27. The summed E-state index contributed by atoms with van der Waals surface area (Å²) in [6, 6.07) is 16.0. The summed E-state index contributed by atoms with van der Waals surface area (Å²) in [5.41, 5.74) is 4.14. The lowest BCUT2D eigenvalue weighted by molar-refractivity contribution is 0.110. The molecule has 0 amide bonds. The summed E-state index contributed by atoms with van der Waals surface area (Å²) in [6.45, 7) is 2.11. The van der Waals surface area contributed by atoms with E-state index in [2.05, 4.69) is 18.1 Å². The smallest absolute Gasteiger partial charge is 0.257 e. The van der Waals surface area contributed by atoms with E-state index >= 15 is 0 Å². The van der Waals surface area contributed by atoms with E-state index in [0.717, 1.165) is 37.0 Å². The van der Waals surface area contributed by atoms with E-state index in [1.165, 1.54) is 6.07 Å². The Hall–Kier alpha value is -3.76. The first-order valence-corrected chi connectivity index (χ1v) is 13.1. The van der Waals surface area contributed by atoms with E-state index in [1.807, 2.05) is 27.3 Å². The monoisotopic (exact) mass is 498 g/mol. The van der Waals surface area contributed by atoms with Gasteiger partial charge < -0.3 is 5.11 Å². The van der Waals surface area contributed by atoms with Crippen LogP contribution in [0.5, 0.6) is 0 Å². The minimum atomic E-state index is -0.389. The second-order valence-corrected chi connectivity index (χ2v) is 9.88.